The van der Waals surface area contributed by atoms with Crippen LogP contribution < -0.4 is 10.2 Å². The number of hydroxylamine groups is 1. The van der Waals surface area contributed by atoms with E-state index >= 15 is 0 Å². The Hall–Kier alpha value is -1.84. The monoisotopic (exact) mass is 243 g/mol. The lowest BCUT2D eigenvalue weighted by Crippen LogP contribution is -2.06. The van der Waals surface area contributed by atoms with Crippen molar-refractivity contribution in [2.75, 3.05) is 0 Å². The topological polar surface area (TPSA) is 41.5 Å². The Labute approximate surface area is 107 Å². The van der Waals surface area contributed by atoms with Gasteiger partial charge in [0.25, 0.3) is 0 Å². The molecular formula is C15H17NO2. The molecule has 0 amide bonds. The first kappa shape index (κ1) is 12.6. The fraction of sp³-hybridized carbons (Fsp3) is 0.200. The van der Waals surface area contributed by atoms with Crippen molar-refractivity contribution < 1.29 is 9.94 Å². The summed E-state index contributed by atoms with van der Waals surface area (Å²) in [7, 11) is 0. The van der Waals surface area contributed by atoms with Crippen molar-refractivity contribution in [3.63, 3.8) is 0 Å². The Morgan fingerprint density at radius 1 is 1.06 bits per heavy atom. The van der Waals surface area contributed by atoms with Gasteiger partial charge in [0.1, 0.15) is 12.4 Å². The van der Waals surface area contributed by atoms with Crippen LogP contribution in [-0.2, 0) is 13.2 Å². The van der Waals surface area contributed by atoms with E-state index in [4.69, 9.17) is 9.94 Å². The molecule has 0 atom stereocenters. The summed E-state index contributed by atoms with van der Waals surface area (Å²) in [5, 5.41) is 8.65. The molecule has 0 radical (unpaired) electrons. The van der Waals surface area contributed by atoms with Gasteiger partial charge in [-0.3, -0.25) is 0 Å². The summed E-state index contributed by atoms with van der Waals surface area (Å²) in [5.74, 6) is 0.876. The van der Waals surface area contributed by atoms with Gasteiger partial charge in [0.05, 0.1) is 0 Å². The highest BCUT2D eigenvalue weighted by Crippen LogP contribution is 2.20. The van der Waals surface area contributed by atoms with Crippen LogP contribution in [0.1, 0.15) is 16.7 Å². The van der Waals surface area contributed by atoms with Crippen molar-refractivity contribution in [2.45, 2.75) is 20.1 Å². The maximum Gasteiger partial charge on any atom is 0.122 e. The molecule has 94 valence electrons. The third-order valence-electron chi connectivity index (χ3n) is 2.76. The number of aryl methyl sites for hydroxylation is 1. The van der Waals surface area contributed by atoms with Crippen molar-refractivity contribution in [1.29, 1.82) is 0 Å². The van der Waals surface area contributed by atoms with Crippen molar-refractivity contribution in [2.24, 2.45) is 0 Å². The number of rotatable bonds is 5. The van der Waals surface area contributed by atoms with Gasteiger partial charge in [0, 0.05) is 6.54 Å². The van der Waals surface area contributed by atoms with E-state index in [9.17, 15) is 0 Å². The third-order valence-corrected chi connectivity index (χ3v) is 2.76. The minimum Gasteiger partial charge on any atom is -0.489 e. The number of nitrogens with one attached hydrogen (secondary N) is 1. The van der Waals surface area contributed by atoms with E-state index in [-0.39, 0.29) is 0 Å². The molecule has 0 saturated carbocycles. The van der Waals surface area contributed by atoms with E-state index in [0.29, 0.717) is 13.2 Å². The molecule has 3 nitrogen and oxygen atoms in total. The normalized spacial score (nSPS) is 10.3. The van der Waals surface area contributed by atoms with Gasteiger partial charge in [0.2, 0.25) is 0 Å². The molecule has 0 aliphatic carbocycles. The number of ether oxygens (including phenoxy) is 1. The maximum absolute atomic E-state index is 8.65. The fourth-order valence-electron chi connectivity index (χ4n) is 1.81. The minimum absolute atomic E-state index is 0.444. The van der Waals surface area contributed by atoms with Gasteiger partial charge in [-0.1, -0.05) is 42.5 Å². The molecule has 0 saturated heterocycles. The first-order chi connectivity index (χ1) is 8.79. The number of benzene rings is 2. The zero-order valence-electron chi connectivity index (χ0n) is 10.4. The summed E-state index contributed by atoms with van der Waals surface area (Å²) < 4.78 is 5.77. The van der Waals surface area contributed by atoms with Gasteiger partial charge in [-0.15, -0.1) is 0 Å². The molecule has 0 aliphatic rings. The van der Waals surface area contributed by atoms with Crippen molar-refractivity contribution in [3.8, 4) is 5.75 Å². The SMILES string of the molecule is Cc1cc(CNO)ccc1OCc1ccccc1. The quantitative estimate of drug-likeness (QED) is 0.793. The average molecular weight is 243 g/mol. The molecule has 0 unspecified atom stereocenters. The molecule has 0 spiro atoms. The van der Waals surface area contributed by atoms with Gasteiger partial charge in [-0.05, 0) is 29.7 Å². The van der Waals surface area contributed by atoms with Crippen LogP contribution in [0.15, 0.2) is 48.5 Å². The first-order valence-corrected chi connectivity index (χ1v) is 5.93. The lowest BCUT2D eigenvalue weighted by molar-refractivity contribution is 0.161. The van der Waals surface area contributed by atoms with Crippen LogP contribution >= 0.6 is 0 Å². The van der Waals surface area contributed by atoms with Gasteiger partial charge >= 0.3 is 0 Å². The van der Waals surface area contributed by atoms with Crippen molar-refractivity contribution in [3.05, 3.63) is 65.2 Å². The van der Waals surface area contributed by atoms with Gasteiger partial charge in [-0.25, -0.2) is 5.48 Å². The summed E-state index contributed by atoms with van der Waals surface area (Å²) in [6.07, 6.45) is 0. The summed E-state index contributed by atoms with van der Waals surface area (Å²) in [6.45, 7) is 3.01. The molecule has 0 aromatic heterocycles. The van der Waals surface area contributed by atoms with E-state index in [1.165, 1.54) is 0 Å². The minimum atomic E-state index is 0.444. The highest BCUT2D eigenvalue weighted by Gasteiger charge is 2.01. The van der Waals surface area contributed by atoms with Crippen molar-refractivity contribution >= 4 is 0 Å². The Morgan fingerprint density at radius 2 is 1.83 bits per heavy atom. The zero-order valence-corrected chi connectivity index (χ0v) is 10.4. The summed E-state index contributed by atoms with van der Waals surface area (Å²) in [6, 6.07) is 16.0. The number of hydrogen-bond donors (Lipinski definition) is 2. The molecule has 0 heterocycles. The fourth-order valence-corrected chi connectivity index (χ4v) is 1.81. The van der Waals surface area contributed by atoms with Crippen LogP contribution in [0.4, 0.5) is 0 Å². The number of hydrogen-bond acceptors (Lipinski definition) is 3. The average Bonchev–Trinajstić information content (AvgIpc) is 2.39. The van der Waals surface area contributed by atoms with E-state index in [1.807, 2.05) is 55.5 Å². The van der Waals surface area contributed by atoms with Gasteiger partial charge < -0.3 is 9.94 Å². The van der Waals surface area contributed by atoms with E-state index < -0.39 is 0 Å². The molecule has 2 N–H and O–H groups in total. The molecule has 18 heavy (non-hydrogen) atoms. The lowest BCUT2D eigenvalue weighted by atomic mass is 10.1. The second-order valence-electron chi connectivity index (χ2n) is 4.21. The van der Waals surface area contributed by atoms with Crippen LogP contribution in [0.5, 0.6) is 5.75 Å². The van der Waals surface area contributed by atoms with Crippen LogP contribution in [0.2, 0.25) is 0 Å². The van der Waals surface area contributed by atoms with E-state index in [2.05, 4.69) is 5.48 Å². The Balaban J connectivity index is 2.01. The zero-order chi connectivity index (χ0) is 12.8. The summed E-state index contributed by atoms with van der Waals surface area (Å²) >= 11 is 0. The predicted molar refractivity (Wildman–Crippen MR) is 70.6 cm³/mol. The second kappa shape index (κ2) is 6.19. The Morgan fingerprint density at radius 3 is 2.50 bits per heavy atom. The van der Waals surface area contributed by atoms with Crippen LogP contribution in [0, 0.1) is 6.92 Å². The highest BCUT2D eigenvalue weighted by molar-refractivity contribution is 5.36. The molecule has 2 aromatic carbocycles. The van der Waals surface area contributed by atoms with E-state index in [1.54, 1.807) is 0 Å². The van der Waals surface area contributed by atoms with Crippen LogP contribution in [0.25, 0.3) is 0 Å². The summed E-state index contributed by atoms with van der Waals surface area (Å²) in [4.78, 5) is 0. The van der Waals surface area contributed by atoms with Gasteiger partial charge in [0.15, 0.2) is 0 Å². The molecule has 0 aliphatic heterocycles. The smallest absolute Gasteiger partial charge is 0.122 e. The first-order valence-electron chi connectivity index (χ1n) is 5.93. The van der Waals surface area contributed by atoms with Crippen LogP contribution in [0.3, 0.4) is 0 Å². The molecular weight excluding hydrogens is 226 g/mol. The highest BCUT2D eigenvalue weighted by atomic mass is 16.5. The van der Waals surface area contributed by atoms with Gasteiger partial charge in [-0.2, -0.15) is 0 Å². The van der Waals surface area contributed by atoms with Crippen molar-refractivity contribution in [1.82, 2.24) is 5.48 Å². The lowest BCUT2D eigenvalue weighted by Gasteiger charge is -2.10. The molecule has 2 aromatic rings. The second-order valence-corrected chi connectivity index (χ2v) is 4.21. The molecule has 2 rings (SSSR count). The third kappa shape index (κ3) is 3.32. The molecule has 3 heteroatoms. The largest absolute Gasteiger partial charge is 0.489 e. The molecule has 0 bridgehead atoms. The Bertz CT molecular complexity index is 497. The summed E-state index contributed by atoms with van der Waals surface area (Å²) in [5.41, 5.74) is 5.40. The van der Waals surface area contributed by atoms with Crippen LogP contribution in [-0.4, -0.2) is 5.21 Å². The standard InChI is InChI=1S/C15H17NO2/c1-12-9-14(10-16-17)7-8-15(12)18-11-13-5-3-2-4-6-13/h2-9,16-17H,10-11H2,1H3. The van der Waals surface area contributed by atoms with E-state index in [0.717, 1.165) is 22.4 Å². The Kier molecular flexibility index (Phi) is 4.34. The predicted octanol–water partition coefficient (Wildman–Crippen LogP) is 3.05. The maximum atomic E-state index is 8.65. The molecule has 0 fully saturated rings.